The molecule has 1 amide bonds. The predicted octanol–water partition coefficient (Wildman–Crippen LogP) is 4.99. The Kier molecular flexibility index (Phi) is 7.48. The average molecular weight is 483 g/mol. The highest BCUT2D eigenvalue weighted by Crippen LogP contribution is 2.40. The van der Waals surface area contributed by atoms with Crippen molar-refractivity contribution in [2.45, 2.75) is 12.8 Å². The summed E-state index contributed by atoms with van der Waals surface area (Å²) in [7, 11) is 4.43. The molecule has 176 valence electrons. The number of carbonyl (C=O) groups is 1. The van der Waals surface area contributed by atoms with E-state index in [4.69, 9.17) is 14.2 Å². The fourth-order valence-corrected chi connectivity index (χ4v) is 3.56. The second-order valence-corrected chi connectivity index (χ2v) is 7.34. The number of nitrogens with zero attached hydrogens (tertiary/aromatic N) is 1. The van der Waals surface area contributed by atoms with Crippen molar-refractivity contribution in [1.82, 2.24) is 4.98 Å². The van der Waals surface area contributed by atoms with Crippen LogP contribution in [0.5, 0.6) is 23.0 Å². The molecule has 0 aliphatic rings. The van der Waals surface area contributed by atoms with Crippen LogP contribution in [-0.4, -0.2) is 38.6 Å². The molecule has 3 aromatic rings. The minimum Gasteiger partial charge on any atom is -0.493 e. The van der Waals surface area contributed by atoms with E-state index in [-0.39, 0.29) is 18.1 Å². The van der Waals surface area contributed by atoms with Crippen molar-refractivity contribution in [3.63, 3.8) is 0 Å². The summed E-state index contributed by atoms with van der Waals surface area (Å²) in [6.45, 7) is 0. The number of alkyl halides is 3. The van der Waals surface area contributed by atoms with E-state index in [0.717, 1.165) is 0 Å². The molecular formula is C21H20F3N3O5S. The monoisotopic (exact) mass is 483 g/mol. The summed E-state index contributed by atoms with van der Waals surface area (Å²) in [5.41, 5.74) is 1.50. The molecular weight excluding hydrogens is 463 g/mol. The number of rotatable bonds is 9. The maximum Gasteiger partial charge on any atom is 0.573 e. The van der Waals surface area contributed by atoms with Crippen LogP contribution in [0.25, 0.3) is 0 Å². The molecule has 2 aromatic carbocycles. The predicted molar refractivity (Wildman–Crippen MR) is 117 cm³/mol. The highest BCUT2D eigenvalue weighted by molar-refractivity contribution is 7.13. The number of ether oxygens (including phenoxy) is 4. The number of carbonyl (C=O) groups excluding carboxylic acids is 1. The van der Waals surface area contributed by atoms with E-state index in [9.17, 15) is 18.0 Å². The van der Waals surface area contributed by atoms with Crippen molar-refractivity contribution >= 4 is 33.8 Å². The van der Waals surface area contributed by atoms with Crippen molar-refractivity contribution in [1.29, 1.82) is 0 Å². The zero-order valence-electron chi connectivity index (χ0n) is 17.8. The summed E-state index contributed by atoms with van der Waals surface area (Å²) in [6.07, 6.45) is -4.74. The Balaban J connectivity index is 1.61. The van der Waals surface area contributed by atoms with Crippen molar-refractivity contribution in [2.24, 2.45) is 0 Å². The Hall–Kier alpha value is -3.67. The van der Waals surface area contributed by atoms with E-state index >= 15 is 0 Å². The number of halogens is 3. The molecule has 2 N–H and O–H groups in total. The van der Waals surface area contributed by atoms with Crippen LogP contribution in [0.2, 0.25) is 0 Å². The van der Waals surface area contributed by atoms with Gasteiger partial charge in [-0.3, -0.25) is 4.79 Å². The Morgan fingerprint density at radius 1 is 1.00 bits per heavy atom. The first-order valence-corrected chi connectivity index (χ1v) is 10.3. The van der Waals surface area contributed by atoms with Crippen LogP contribution < -0.4 is 29.6 Å². The lowest BCUT2D eigenvalue weighted by Gasteiger charge is -2.14. The van der Waals surface area contributed by atoms with Crippen LogP contribution >= 0.6 is 11.3 Å². The molecule has 0 atom stereocenters. The quantitative estimate of drug-likeness (QED) is 0.443. The zero-order valence-corrected chi connectivity index (χ0v) is 18.6. The van der Waals surface area contributed by atoms with Gasteiger partial charge in [0.25, 0.3) is 0 Å². The smallest absolute Gasteiger partial charge is 0.493 e. The molecule has 12 heteroatoms. The third-order valence-corrected chi connectivity index (χ3v) is 4.99. The molecule has 1 heterocycles. The molecule has 0 saturated carbocycles. The fraction of sp³-hybridized carbons (Fsp3) is 0.238. The van der Waals surface area contributed by atoms with Crippen molar-refractivity contribution in [2.75, 3.05) is 32.0 Å². The van der Waals surface area contributed by atoms with Crippen LogP contribution in [0.1, 0.15) is 5.69 Å². The second-order valence-electron chi connectivity index (χ2n) is 6.48. The van der Waals surface area contributed by atoms with Gasteiger partial charge in [0.15, 0.2) is 16.6 Å². The van der Waals surface area contributed by atoms with Gasteiger partial charge in [-0.25, -0.2) is 4.98 Å². The third-order valence-electron chi connectivity index (χ3n) is 4.18. The number of methoxy groups -OCH3 is 3. The van der Waals surface area contributed by atoms with Gasteiger partial charge in [0.05, 0.1) is 33.4 Å². The van der Waals surface area contributed by atoms with E-state index < -0.39 is 6.36 Å². The highest BCUT2D eigenvalue weighted by atomic mass is 32.1. The van der Waals surface area contributed by atoms with Gasteiger partial charge in [-0.1, -0.05) is 0 Å². The van der Waals surface area contributed by atoms with E-state index in [0.29, 0.717) is 39.4 Å². The van der Waals surface area contributed by atoms with E-state index in [1.807, 2.05) is 0 Å². The van der Waals surface area contributed by atoms with Gasteiger partial charge in [0, 0.05) is 28.9 Å². The number of anilines is 3. The lowest BCUT2D eigenvalue weighted by molar-refractivity contribution is -0.274. The Morgan fingerprint density at radius 3 is 2.18 bits per heavy atom. The van der Waals surface area contributed by atoms with Gasteiger partial charge in [0.1, 0.15) is 5.75 Å². The zero-order chi connectivity index (χ0) is 24.0. The summed E-state index contributed by atoms with van der Waals surface area (Å²) in [4.78, 5) is 16.8. The SMILES string of the molecule is COc1cc(NC(=O)Cc2csc(Nc3ccc(OC(F)(F)F)cc3)n2)cc(OC)c1OC. The molecule has 0 bridgehead atoms. The Bertz CT molecular complexity index is 1080. The maximum atomic E-state index is 12.5. The molecule has 0 radical (unpaired) electrons. The van der Waals surface area contributed by atoms with Gasteiger partial charge in [0.2, 0.25) is 11.7 Å². The maximum absolute atomic E-state index is 12.5. The van der Waals surface area contributed by atoms with Gasteiger partial charge >= 0.3 is 6.36 Å². The summed E-state index contributed by atoms with van der Waals surface area (Å²) in [6, 6.07) is 8.46. The lowest BCUT2D eigenvalue weighted by atomic mass is 10.2. The number of thiazole rings is 1. The minimum absolute atomic E-state index is 0.00714. The van der Waals surface area contributed by atoms with Gasteiger partial charge in [-0.15, -0.1) is 24.5 Å². The van der Waals surface area contributed by atoms with Gasteiger partial charge in [-0.05, 0) is 24.3 Å². The lowest BCUT2D eigenvalue weighted by Crippen LogP contribution is -2.16. The molecule has 33 heavy (non-hydrogen) atoms. The molecule has 3 rings (SSSR count). The summed E-state index contributed by atoms with van der Waals surface area (Å²) < 4.78 is 56.4. The highest BCUT2D eigenvalue weighted by Gasteiger charge is 2.31. The van der Waals surface area contributed by atoms with E-state index in [2.05, 4.69) is 20.4 Å². The molecule has 0 spiro atoms. The van der Waals surface area contributed by atoms with Crippen LogP contribution in [0.4, 0.5) is 29.7 Å². The van der Waals surface area contributed by atoms with Gasteiger partial charge in [-0.2, -0.15) is 0 Å². The van der Waals surface area contributed by atoms with Crippen LogP contribution in [0.3, 0.4) is 0 Å². The van der Waals surface area contributed by atoms with Crippen LogP contribution in [-0.2, 0) is 11.2 Å². The number of hydrogen-bond donors (Lipinski definition) is 2. The standard InChI is InChI=1S/C21H20F3N3O5S/c1-29-16-8-13(9-17(30-2)19(16)31-3)25-18(28)10-14-11-33-20(27-14)26-12-4-6-15(7-5-12)32-21(22,23)24/h4-9,11H,10H2,1-3H3,(H,25,28)(H,26,27). The van der Waals surface area contributed by atoms with Crippen molar-refractivity contribution in [3.8, 4) is 23.0 Å². The van der Waals surface area contributed by atoms with Crippen molar-refractivity contribution < 1.29 is 36.9 Å². The molecule has 0 saturated heterocycles. The average Bonchev–Trinajstić information content (AvgIpc) is 3.19. The van der Waals surface area contributed by atoms with Crippen LogP contribution in [0.15, 0.2) is 41.8 Å². The Labute approximate surface area is 191 Å². The summed E-state index contributed by atoms with van der Waals surface area (Å²) in [5.74, 6) is 0.579. The number of nitrogens with one attached hydrogen (secondary N) is 2. The van der Waals surface area contributed by atoms with Crippen molar-refractivity contribution in [3.05, 3.63) is 47.5 Å². The Morgan fingerprint density at radius 2 is 1.64 bits per heavy atom. The summed E-state index contributed by atoms with van der Waals surface area (Å²) >= 11 is 1.25. The third kappa shape index (κ3) is 6.65. The molecule has 1 aromatic heterocycles. The number of hydrogen-bond acceptors (Lipinski definition) is 8. The topological polar surface area (TPSA) is 90.9 Å². The second kappa shape index (κ2) is 10.3. The van der Waals surface area contributed by atoms with Gasteiger partial charge < -0.3 is 29.6 Å². The number of benzene rings is 2. The first kappa shape index (κ1) is 24.0. The minimum atomic E-state index is -4.75. The fourth-order valence-electron chi connectivity index (χ4n) is 2.83. The largest absolute Gasteiger partial charge is 0.573 e. The molecule has 0 aliphatic carbocycles. The first-order chi connectivity index (χ1) is 15.7. The van der Waals surface area contributed by atoms with Crippen LogP contribution in [0, 0.1) is 0 Å². The first-order valence-electron chi connectivity index (χ1n) is 9.38. The van der Waals surface area contributed by atoms with E-state index in [1.54, 1.807) is 17.5 Å². The molecule has 0 aliphatic heterocycles. The number of amides is 1. The summed E-state index contributed by atoms with van der Waals surface area (Å²) in [5, 5.41) is 7.92. The number of aromatic nitrogens is 1. The molecule has 0 fully saturated rings. The normalized spacial score (nSPS) is 11.0. The molecule has 8 nitrogen and oxygen atoms in total. The van der Waals surface area contributed by atoms with E-state index in [1.165, 1.54) is 56.9 Å². The molecule has 0 unspecified atom stereocenters.